The predicted molar refractivity (Wildman–Crippen MR) is 60.5 cm³/mol. The second-order valence-electron chi connectivity index (χ2n) is 3.89. The van der Waals surface area contributed by atoms with Gasteiger partial charge in [0.2, 0.25) is 0 Å². The third-order valence-electron chi connectivity index (χ3n) is 2.79. The molecule has 0 saturated heterocycles. The van der Waals surface area contributed by atoms with E-state index in [0.717, 1.165) is 36.9 Å². The zero-order valence-corrected chi connectivity index (χ0v) is 10.1. The second kappa shape index (κ2) is 4.87. The van der Waals surface area contributed by atoms with E-state index >= 15 is 0 Å². The minimum absolute atomic E-state index is 0.170. The van der Waals surface area contributed by atoms with Gasteiger partial charge in [-0.3, -0.25) is 9.48 Å². The number of nitrogens with zero attached hydrogens (tertiary/aromatic N) is 2. The van der Waals surface area contributed by atoms with Gasteiger partial charge in [-0.2, -0.15) is 5.10 Å². The van der Waals surface area contributed by atoms with E-state index in [1.807, 2.05) is 0 Å². The van der Waals surface area contributed by atoms with Crippen molar-refractivity contribution in [3.8, 4) is 0 Å². The van der Waals surface area contributed by atoms with Crippen LogP contribution in [0.5, 0.6) is 0 Å². The number of esters is 1. The van der Waals surface area contributed by atoms with Crippen LogP contribution in [0.4, 0.5) is 0 Å². The molecule has 0 aliphatic heterocycles. The predicted octanol–water partition coefficient (Wildman–Crippen LogP) is 1.98. The van der Waals surface area contributed by atoms with E-state index in [1.54, 1.807) is 11.6 Å². The maximum absolute atomic E-state index is 11.4. The van der Waals surface area contributed by atoms with Crippen LogP contribution >= 0.6 is 11.6 Å². The van der Waals surface area contributed by atoms with Gasteiger partial charge in [-0.05, 0) is 32.6 Å². The summed E-state index contributed by atoms with van der Waals surface area (Å²) in [7, 11) is 0. The van der Waals surface area contributed by atoms with Crippen molar-refractivity contribution in [2.24, 2.45) is 0 Å². The average molecular weight is 243 g/mol. The highest BCUT2D eigenvalue weighted by atomic mass is 35.5. The number of ether oxygens (including phenoxy) is 1. The molecule has 0 radical (unpaired) electrons. The van der Waals surface area contributed by atoms with Crippen LogP contribution in [0.2, 0.25) is 5.15 Å². The molecule has 0 saturated carbocycles. The fourth-order valence-corrected chi connectivity index (χ4v) is 2.38. The number of aromatic nitrogens is 2. The fraction of sp³-hybridized carbons (Fsp3) is 0.636. The minimum Gasteiger partial charge on any atom is -0.465 e. The largest absolute Gasteiger partial charge is 0.465 e. The van der Waals surface area contributed by atoms with E-state index in [-0.39, 0.29) is 12.5 Å². The molecular weight excluding hydrogens is 228 g/mol. The molecule has 1 aromatic heterocycles. The lowest BCUT2D eigenvalue weighted by Gasteiger charge is -2.13. The smallest absolute Gasteiger partial charge is 0.327 e. The number of hydrogen-bond donors (Lipinski definition) is 0. The maximum Gasteiger partial charge on any atom is 0.327 e. The van der Waals surface area contributed by atoms with Crippen LogP contribution in [0.25, 0.3) is 0 Å². The van der Waals surface area contributed by atoms with Crippen molar-refractivity contribution < 1.29 is 9.53 Å². The molecule has 0 aromatic carbocycles. The Hall–Kier alpha value is -1.03. The van der Waals surface area contributed by atoms with Crippen LogP contribution in [0.15, 0.2) is 0 Å². The van der Waals surface area contributed by atoms with E-state index in [2.05, 4.69) is 5.10 Å². The minimum atomic E-state index is -0.255. The fourth-order valence-electron chi connectivity index (χ4n) is 2.08. The SMILES string of the molecule is CCOC(=O)Cn1nc(Cl)c2c1CCCC2. The van der Waals surface area contributed by atoms with Crippen LogP contribution < -0.4 is 0 Å². The molecule has 0 atom stereocenters. The molecule has 1 aliphatic carbocycles. The van der Waals surface area contributed by atoms with Crippen molar-refractivity contribution in [3.63, 3.8) is 0 Å². The highest BCUT2D eigenvalue weighted by Crippen LogP contribution is 2.27. The molecular formula is C11H15ClN2O2. The molecule has 0 amide bonds. The lowest BCUT2D eigenvalue weighted by molar-refractivity contribution is -0.144. The summed E-state index contributed by atoms with van der Waals surface area (Å²) in [6.45, 7) is 2.36. The molecule has 0 bridgehead atoms. The Balaban J connectivity index is 2.18. The number of rotatable bonds is 3. The van der Waals surface area contributed by atoms with Gasteiger partial charge < -0.3 is 4.74 Å². The lowest BCUT2D eigenvalue weighted by Crippen LogP contribution is -2.17. The van der Waals surface area contributed by atoms with Gasteiger partial charge in [-0.1, -0.05) is 11.6 Å². The van der Waals surface area contributed by atoms with Gasteiger partial charge in [0.1, 0.15) is 6.54 Å². The molecule has 88 valence electrons. The highest BCUT2D eigenvalue weighted by molar-refractivity contribution is 6.30. The summed E-state index contributed by atoms with van der Waals surface area (Å²) in [6.07, 6.45) is 4.21. The normalized spacial score (nSPS) is 14.6. The second-order valence-corrected chi connectivity index (χ2v) is 4.24. The van der Waals surface area contributed by atoms with Crippen molar-refractivity contribution in [3.05, 3.63) is 16.4 Å². The molecule has 1 aromatic rings. The van der Waals surface area contributed by atoms with Crippen molar-refractivity contribution >= 4 is 17.6 Å². The van der Waals surface area contributed by atoms with Gasteiger partial charge in [0.15, 0.2) is 5.15 Å². The number of hydrogen-bond acceptors (Lipinski definition) is 3. The Morgan fingerprint density at radius 1 is 1.50 bits per heavy atom. The van der Waals surface area contributed by atoms with Crippen molar-refractivity contribution in [1.29, 1.82) is 0 Å². The molecule has 0 fully saturated rings. The van der Waals surface area contributed by atoms with Gasteiger partial charge >= 0.3 is 5.97 Å². The van der Waals surface area contributed by atoms with E-state index in [4.69, 9.17) is 16.3 Å². The number of carbonyl (C=O) groups excluding carboxylic acids is 1. The first-order valence-electron chi connectivity index (χ1n) is 5.62. The molecule has 1 aliphatic rings. The van der Waals surface area contributed by atoms with Gasteiger partial charge in [-0.25, -0.2) is 0 Å². The van der Waals surface area contributed by atoms with Crippen LogP contribution in [-0.2, 0) is 28.9 Å². The molecule has 5 heteroatoms. The zero-order valence-electron chi connectivity index (χ0n) is 9.33. The quantitative estimate of drug-likeness (QED) is 0.762. The topological polar surface area (TPSA) is 44.1 Å². The first-order chi connectivity index (χ1) is 7.72. The van der Waals surface area contributed by atoms with Crippen LogP contribution in [0.1, 0.15) is 31.0 Å². The Morgan fingerprint density at radius 3 is 3.00 bits per heavy atom. The standard InChI is InChI=1S/C11H15ClN2O2/c1-2-16-10(15)7-14-9-6-4-3-5-8(9)11(12)13-14/h2-7H2,1H3. The molecule has 0 N–H and O–H groups in total. The molecule has 16 heavy (non-hydrogen) atoms. The molecule has 0 spiro atoms. The molecule has 4 nitrogen and oxygen atoms in total. The number of carbonyl (C=O) groups is 1. The molecule has 2 rings (SSSR count). The molecule has 1 heterocycles. The van der Waals surface area contributed by atoms with Crippen molar-refractivity contribution in [1.82, 2.24) is 9.78 Å². The summed E-state index contributed by atoms with van der Waals surface area (Å²) in [5, 5.41) is 4.74. The van der Waals surface area contributed by atoms with Crippen molar-refractivity contribution in [2.75, 3.05) is 6.61 Å². The monoisotopic (exact) mass is 242 g/mol. The molecule has 0 unspecified atom stereocenters. The zero-order chi connectivity index (χ0) is 11.5. The summed E-state index contributed by atoms with van der Waals surface area (Å²) < 4.78 is 6.59. The summed E-state index contributed by atoms with van der Waals surface area (Å²) in [6, 6.07) is 0. The summed E-state index contributed by atoms with van der Waals surface area (Å²) in [5.41, 5.74) is 2.21. The van der Waals surface area contributed by atoms with Gasteiger partial charge in [0.05, 0.1) is 6.61 Å². The van der Waals surface area contributed by atoms with E-state index in [1.165, 1.54) is 0 Å². The van der Waals surface area contributed by atoms with Crippen LogP contribution in [0, 0.1) is 0 Å². The average Bonchev–Trinajstić information content (AvgIpc) is 2.57. The summed E-state index contributed by atoms with van der Waals surface area (Å²) in [5.74, 6) is -0.255. The summed E-state index contributed by atoms with van der Waals surface area (Å²) >= 11 is 6.04. The third-order valence-corrected chi connectivity index (χ3v) is 3.10. The lowest BCUT2D eigenvalue weighted by atomic mass is 9.98. The van der Waals surface area contributed by atoms with Gasteiger partial charge in [0, 0.05) is 11.3 Å². The Bertz CT molecular complexity index is 401. The van der Waals surface area contributed by atoms with E-state index in [0.29, 0.717) is 11.8 Å². The van der Waals surface area contributed by atoms with E-state index in [9.17, 15) is 4.79 Å². The maximum atomic E-state index is 11.4. The van der Waals surface area contributed by atoms with Crippen LogP contribution in [0.3, 0.4) is 0 Å². The van der Waals surface area contributed by atoms with E-state index < -0.39 is 0 Å². The first kappa shape index (κ1) is 11.5. The Labute approximate surface area is 99.5 Å². The van der Waals surface area contributed by atoms with Gasteiger partial charge in [-0.15, -0.1) is 0 Å². The number of halogens is 1. The first-order valence-corrected chi connectivity index (χ1v) is 6.00. The highest BCUT2D eigenvalue weighted by Gasteiger charge is 2.20. The Morgan fingerprint density at radius 2 is 2.25 bits per heavy atom. The third kappa shape index (κ3) is 2.21. The summed E-state index contributed by atoms with van der Waals surface area (Å²) in [4.78, 5) is 11.4. The Kier molecular flexibility index (Phi) is 3.49. The van der Waals surface area contributed by atoms with Gasteiger partial charge in [0.25, 0.3) is 0 Å². The van der Waals surface area contributed by atoms with Crippen LogP contribution in [-0.4, -0.2) is 22.4 Å². The number of fused-ring (bicyclic) bond motifs is 1. The van der Waals surface area contributed by atoms with Crippen molar-refractivity contribution in [2.45, 2.75) is 39.2 Å².